The van der Waals surface area contributed by atoms with Crippen LogP contribution in [0.5, 0.6) is 0 Å². The molecule has 9 heteroatoms. The Kier molecular flexibility index (Phi) is 3.80. The number of carbonyl (C=O) groups excluding carboxylic acids is 1. The van der Waals surface area contributed by atoms with E-state index in [2.05, 4.69) is 20.3 Å². The van der Waals surface area contributed by atoms with Crippen LogP contribution in [0.4, 0.5) is 10.1 Å². The van der Waals surface area contributed by atoms with Crippen LogP contribution in [0.2, 0.25) is 5.15 Å². The highest BCUT2D eigenvalue weighted by Gasteiger charge is 2.54. The topological polar surface area (TPSA) is 117 Å². The molecule has 22 heavy (non-hydrogen) atoms. The Labute approximate surface area is 130 Å². The summed E-state index contributed by atoms with van der Waals surface area (Å²) in [6.45, 7) is 0. The van der Waals surface area contributed by atoms with E-state index in [0.29, 0.717) is 6.42 Å². The van der Waals surface area contributed by atoms with Crippen molar-refractivity contribution in [2.75, 3.05) is 5.32 Å². The maximum Gasteiger partial charge on any atom is 0.222 e. The molecule has 5 atom stereocenters. The summed E-state index contributed by atoms with van der Waals surface area (Å²) in [7, 11) is 0. The van der Waals surface area contributed by atoms with Crippen LogP contribution in [-0.2, 0) is 4.79 Å². The molecule has 0 radical (unpaired) electrons. The molecule has 0 saturated heterocycles. The Morgan fingerprint density at radius 3 is 3.05 bits per heavy atom. The van der Waals surface area contributed by atoms with E-state index in [-0.39, 0.29) is 34.8 Å². The number of fused-ring (bicyclic) bond motifs is 2. The summed E-state index contributed by atoms with van der Waals surface area (Å²) in [6, 6.07) is 0.864. The third-order valence-corrected chi connectivity index (χ3v) is 4.85. The number of amides is 1. The first kappa shape index (κ1) is 14.9. The number of nitrogens with zero attached hydrogens (tertiary/aromatic N) is 4. The first-order valence-corrected chi connectivity index (χ1v) is 7.30. The van der Waals surface area contributed by atoms with E-state index in [4.69, 9.17) is 22.9 Å². The molecule has 2 aliphatic rings. The second kappa shape index (κ2) is 5.62. The monoisotopic (exact) mass is 324 g/mol. The average molecular weight is 325 g/mol. The summed E-state index contributed by atoms with van der Waals surface area (Å²) in [6.07, 6.45) is 2.42. The number of rotatable bonds is 4. The normalized spacial score (nSPS) is 32.5. The van der Waals surface area contributed by atoms with Crippen molar-refractivity contribution in [3.8, 4) is 0 Å². The number of azide groups is 1. The lowest BCUT2D eigenvalue weighted by Crippen LogP contribution is -2.46. The molecule has 1 heterocycles. The molecule has 0 aliphatic heterocycles. The van der Waals surface area contributed by atoms with Crippen LogP contribution in [0.3, 0.4) is 0 Å². The fourth-order valence-electron chi connectivity index (χ4n) is 3.82. The molecule has 1 aromatic rings. The number of primary amides is 1. The molecule has 7 nitrogen and oxygen atoms in total. The molecule has 0 spiro atoms. The van der Waals surface area contributed by atoms with Crippen molar-refractivity contribution in [3.63, 3.8) is 0 Å². The lowest BCUT2D eigenvalue weighted by atomic mass is 9.81. The van der Waals surface area contributed by atoms with Crippen LogP contribution in [0.1, 0.15) is 12.8 Å². The summed E-state index contributed by atoms with van der Waals surface area (Å²) in [5.74, 6) is -1.51. The van der Waals surface area contributed by atoms with Crippen molar-refractivity contribution in [2.45, 2.75) is 24.9 Å². The third-order valence-electron chi connectivity index (χ3n) is 4.64. The highest BCUT2D eigenvalue weighted by atomic mass is 35.5. The zero-order valence-electron chi connectivity index (χ0n) is 11.5. The number of nitrogens with one attached hydrogen (secondary N) is 1. The van der Waals surface area contributed by atoms with Gasteiger partial charge in [-0.15, -0.1) is 0 Å². The van der Waals surface area contributed by atoms with Crippen molar-refractivity contribution < 1.29 is 9.18 Å². The van der Waals surface area contributed by atoms with Gasteiger partial charge in [-0.05, 0) is 30.2 Å². The van der Waals surface area contributed by atoms with Crippen LogP contribution in [0.15, 0.2) is 17.4 Å². The number of halogens is 2. The standard InChI is InChI=1S/C13H14ClFN6O/c14-10-3-9(7(15)4-18-10)19-12-5-1-6(11(12)13(16)22)8(2-5)20-21-17/h3-6,8,11-12H,1-2H2,(H2,16,22)(H,18,19)/t5-,6+,8+,11+,12-/m1/s1. The predicted molar refractivity (Wildman–Crippen MR) is 78.4 cm³/mol. The van der Waals surface area contributed by atoms with Crippen molar-refractivity contribution >= 4 is 23.2 Å². The Morgan fingerprint density at radius 2 is 2.36 bits per heavy atom. The lowest BCUT2D eigenvalue weighted by molar-refractivity contribution is -0.123. The van der Waals surface area contributed by atoms with Crippen molar-refractivity contribution in [1.82, 2.24) is 4.98 Å². The Balaban J connectivity index is 1.86. The second-order valence-corrected chi connectivity index (χ2v) is 6.14. The highest BCUT2D eigenvalue weighted by molar-refractivity contribution is 6.29. The molecule has 1 aromatic heterocycles. The van der Waals surface area contributed by atoms with E-state index in [0.717, 1.165) is 12.6 Å². The van der Waals surface area contributed by atoms with E-state index in [1.165, 1.54) is 6.07 Å². The molecule has 3 N–H and O–H groups in total. The van der Waals surface area contributed by atoms with Gasteiger partial charge in [0.1, 0.15) is 5.15 Å². The predicted octanol–water partition coefficient (Wildman–Crippen LogP) is 2.47. The minimum Gasteiger partial charge on any atom is -0.379 e. The molecule has 2 aliphatic carbocycles. The molecular formula is C13H14ClFN6O. The highest BCUT2D eigenvalue weighted by Crippen LogP contribution is 2.51. The SMILES string of the molecule is [N-]=[N+]=N[C@H]1C[C@H]2C[C@@H]1[C@H](C(N)=O)[C@@H]2Nc1cc(Cl)ncc1F. The summed E-state index contributed by atoms with van der Waals surface area (Å²) in [4.78, 5) is 18.3. The first-order valence-electron chi connectivity index (χ1n) is 6.92. The molecule has 2 fully saturated rings. The summed E-state index contributed by atoms with van der Waals surface area (Å²) < 4.78 is 13.8. The zero-order chi connectivity index (χ0) is 15.9. The summed E-state index contributed by atoms with van der Waals surface area (Å²) in [5.41, 5.74) is 14.3. The first-order chi connectivity index (χ1) is 10.5. The van der Waals surface area contributed by atoms with Gasteiger partial charge in [0, 0.05) is 23.1 Å². The van der Waals surface area contributed by atoms with E-state index < -0.39 is 17.6 Å². The maximum absolute atomic E-state index is 13.8. The fourth-order valence-corrected chi connectivity index (χ4v) is 3.98. The largest absolute Gasteiger partial charge is 0.379 e. The third kappa shape index (κ3) is 2.44. The molecule has 1 amide bonds. The number of nitrogens with two attached hydrogens (primary N) is 1. The number of pyridine rings is 1. The molecule has 2 saturated carbocycles. The zero-order valence-corrected chi connectivity index (χ0v) is 12.2. The van der Waals surface area contributed by atoms with E-state index in [9.17, 15) is 9.18 Å². The van der Waals surface area contributed by atoms with Crippen LogP contribution in [0.25, 0.3) is 10.4 Å². The van der Waals surface area contributed by atoms with Gasteiger partial charge in [0.15, 0.2) is 5.82 Å². The van der Waals surface area contributed by atoms with Crippen LogP contribution in [-0.4, -0.2) is 23.0 Å². The van der Waals surface area contributed by atoms with E-state index in [1.807, 2.05) is 0 Å². The average Bonchev–Trinajstić information content (AvgIpc) is 3.01. The van der Waals surface area contributed by atoms with Crippen molar-refractivity contribution in [1.29, 1.82) is 0 Å². The van der Waals surface area contributed by atoms with Crippen LogP contribution in [0, 0.1) is 23.6 Å². The number of hydrogen-bond acceptors (Lipinski definition) is 4. The number of anilines is 1. The number of hydrogen-bond donors (Lipinski definition) is 2. The van der Waals surface area contributed by atoms with Gasteiger partial charge in [0.05, 0.1) is 17.8 Å². The summed E-state index contributed by atoms with van der Waals surface area (Å²) >= 11 is 5.78. The second-order valence-electron chi connectivity index (χ2n) is 5.75. The molecule has 116 valence electrons. The van der Waals surface area contributed by atoms with Gasteiger partial charge in [0.2, 0.25) is 5.91 Å². The van der Waals surface area contributed by atoms with E-state index in [1.54, 1.807) is 0 Å². The lowest BCUT2D eigenvalue weighted by Gasteiger charge is -2.33. The minimum absolute atomic E-state index is 0.101. The van der Waals surface area contributed by atoms with Crippen molar-refractivity contribution in [3.05, 3.63) is 33.7 Å². The van der Waals surface area contributed by atoms with Gasteiger partial charge in [-0.25, -0.2) is 9.37 Å². The van der Waals surface area contributed by atoms with Gasteiger partial charge < -0.3 is 11.1 Å². The van der Waals surface area contributed by atoms with Gasteiger partial charge in [0.25, 0.3) is 0 Å². The Hall–Kier alpha value is -2.05. The molecule has 0 aromatic carbocycles. The molecule has 3 rings (SSSR count). The molecule has 0 unspecified atom stereocenters. The maximum atomic E-state index is 13.8. The quantitative estimate of drug-likeness (QED) is 0.383. The summed E-state index contributed by atoms with van der Waals surface area (Å²) in [5, 5.41) is 6.95. The van der Waals surface area contributed by atoms with Gasteiger partial charge in [-0.1, -0.05) is 16.7 Å². The smallest absolute Gasteiger partial charge is 0.222 e. The minimum atomic E-state index is -0.540. The van der Waals surface area contributed by atoms with Crippen LogP contribution >= 0.6 is 11.6 Å². The van der Waals surface area contributed by atoms with Crippen LogP contribution < -0.4 is 11.1 Å². The van der Waals surface area contributed by atoms with Crippen molar-refractivity contribution in [2.24, 2.45) is 28.6 Å². The van der Waals surface area contributed by atoms with E-state index >= 15 is 0 Å². The molecular weight excluding hydrogens is 311 g/mol. The number of carbonyl (C=O) groups is 1. The van der Waals surface area contributed by atoms with Gasteiger partial charge in [-0.2, -0.15) is 0 Å². The van der Waals surface area contributed by atoms with Gasteiger partial charge >= 0.3 is 0 Å². The number of aromatic nitrogens is 1. The Morgan fingerprint density at radius 1 is 1.59 bits per heavy atom. The molecule has 2 bridgehead atoms. The fraction of sp³-hybridized carbons (Fsp3) is 0.538. The Bertz CT molecular complexity index is 664. The van der Waals surface area contributed by atoms with Gasteiger partial charge in [-0.3, -0.25) is 4.79 Å².